The zero-order chi connectivity index (χ0) is 13.3. The third kappa shape index (κ3) is 2.28. The van der Waals surface area contributed by atoms with Crippen molar-refractivity contribution in [2.24, 2.45) is 5.73 Å². The van der Waals surface area contributed by atoms with E-state index in [0.717, 1.165) is 44.7 Å². The number of fused-ring (bicyclic) bond motifs is 1. The molecule has 2 N–H and O–H groups in total. The normalized spacial score (nSPS) is 32.2. The number of ether oxygens (including phenoxy) is 1. The molecule has 19 heavy (non-hydrogen) atoms. The highest BCUT2D eigenvalue weighted by molar-refractivity contribution is 5.01. The molecule has 2 atom stereocenters. The number of nitrogens with zero attached hydrogens (tertiary/aromatic N) is 4. The van der Waals surface area contributed by atoms with Gasteiger partial charge in [0.15, 0.2) is 0 Å². The van der Waals surface area contributed by atoms with Gasteiger partial charge in [-0.3, -0.25) is 4.90 Å². The van der Waals surface area contributed by atoms with Gasteiger partial charge in [0.25, 0.3) is 0 Å². The predicted octanol–water partition coefficient (Wildman–Crippen LogP) is 0.380. The molecule has 1 aromatic rings. The van der Waals surface area contributed by atoms with Gasteiger partial charge in [-0.1, -0.05) is 0 Å². The van der Waals surface area contributed by atoms with Crippen LogP contribution >= 0.6 is 0 Å². The first-order valence-electron chi connectivity index (χ1n) is 7.12. The molecular formula is C13H23N5O. The molecule has 1 fully saturated rings. The van der Waals surface area contributed by atoms with E-state index in [9.17, 15) is 0 Å². The zero-order valence-corrected chi connectivity index (χ0v) is 11.6. The summed E-state index contributed by atoms with van der Waals surface area (Å²) in [6.45, 7) is 3.54. The Hall–Kier alpha value is -0.980. The summed E-state index contributed by atoms with van der Waals surface area (Å²) in [5.41, 5.74) is 6.22. The van der Waals surface area contributed by atoms with Gasteiger partial charge in [0.2, 0.25) is 0 Å². The van der Waals surface area contributed by atoms with Gasteiger partial charge in [0, 0.05) is 32.3 Å². The second-order valence-corrected chi connectivity index (χ2v) is 5.74. The van der Waals surface area contributed by atoms with Crippen molar-refractivity contribution in [1.82, 2.24) is 19.7 Å². The summed E-state index contributed by atoms with van der Waals surface area (Å²) in [5, 5.41) is 8.20. The fourth-order valence-electron chi connectivity index (χ4n) is 3.56. The van der Waals surface area contributed by atoms with E-state index in [1.807, 2.05) is 13.4 Å². The van der Waals surface area contributed by atoms with Crippen LogP contribution in [0, 0.1) is 0 Å². The Morgan fingerprint density at radius 3 is 3.21 bits per heavy atom. The van der Waals surface area contributed by atoms with Crippen LogP contribution in [0.4, 0.5) is 0 Å². The molecule has 1 aliphatic heterocycles. The standard InChI is InChI=1S/C13H23N5O/c1-19-11-3-2-4-13(7-11,9-14)18-6-5-17-10-15-16-12(17)8-18/h10-11H,2-9,14H2,1H3. The van der Waals surface area contributed by atoms with Crippen LogP contribution in [-0.4, -0.2) is 51.5 Å². The lowest BCUT2D eigenvalue weighted by molar-refractivity contribution is -0.0333. The summed E-state index contributed by atoms with van der Waals surface area (Å²) in [7, 11) is 1.81. The van der Waals surface area contributed by atoms with E-state index in [2.05, 4.69) is 19.7 Å². The van der Waals surface area contributed by atoms with E-state index in [-0.39, 0.29) is 5.54 Å². The summed E-state index contributed by atoms with van der Waals surface area (Å²) >= 11 is 0. The van der Waals surface area contributed by atoms with Crippen LogP contribution in [0.2, 0.25) is 0 Å². The summed E-state index contributed by atoms with van der Waals surface area (Å²) < 4.78 is 7.71. The molecule has 1 saturated carbocycles. The van der Waals surface area contributed by atoms with Crippen LogP contribution in [0.5, 0.6) is 0 Å². The van der Waals surface area contributed by atoms with Crippen molar-refractivity contribution >= 4 is 0 Å². The summed E-state index contributed by atoms with van der Waals surface area (Å²) in [6.07, 6.45) is 6.71. The lowest BCUT2D eigenvalue weighted by Gasteiger charge is -2.49. The summed E-state index contributed by atoms with van der Waals surface area (Å²) in [5.74, 6) is 1.05. The zero-order valence-electron chi connectivity index (χ0n) is 11.6. The summed E-state index contributed by atoms with van der Waals surface area (Å²) in [6, 6.07) is 0. The van der Waals surface area contributed by atoms with E-state index >= 15 is 0 Å². The number of methoxy groups -OCH3 is 1. The molecular weight excluding hydrogens is 242 g/mol. The van der Waals surface area contributed by atoms with E-state index in [1.165, 1.54) is 6.42 Å². The Morgan fingerprint density at radius 2 is 2.42 bits per heavy atom. The van der Waals surface area contributed by atoms with Gasteiger partial charge in [0.05, 0.1) is 12.6 Å². The third-order valence-electron chi connectivity index (χ3n) is 4.80. The number of aromatic nitrogens is 3. The minimum atomic E-state index is 0.0795. The molecule has 0 aromatic carbocycles. The second kappa shape index (κ2) is 5.19. The van der Waals surface area contributed by atoms with Crippen molar-refractivity contribution in [2.45, 2.75) is 50.4 Å². The van der Waals surface area contributed by atoms with Crippen molar-refractivity contribution < 1.29 is 4.74 Å². The average Bonchev–Trinajstić information content (AvgIpc) is 2.94. The molecule has 106 valence electrons. The molecule has 0 bridgehead atoms. The first-order chi connectivity index (χ1) is 9.27. The van der Waals surface area contributed by atoms with Crippen molar-refractivity contribution in [3.8, 4) is 0 Å². The minimum absolute atomic E-state index is 0.0795. The molecule has 2 aliphatic rings. The van der Waals surface area contributed by atoms with Gasteiger partial charge >= 0.3 is 0 Å². The molecule has 6 nitrogen and oxygen atoms in total. The van der Waals surface area contributed by atoms with Crippen LogP contribution < -0.4 is 5.73 Å². The lowest BCUT2D eigenvalue weighted by Crippen LogP contribution is -2.59. The van der Waals surface area contributed by atoms with Gasteiger partial charge in [-0.05, 0) is 25.7 Å². The van der Waals surface area contributed by atoms with Gasteiger partial charge < -0.3 is 15.0 Å². The highest BCUT2D eigenvalue weighted by atomic mass is 16.5. The maximum absolute atomic E-state index is 6.14. The molecule has 1 aliphatic carbocycles. The molecule has 2 heterocycles. The van der Waals surface area contributed by atoms with Crippen molar-refractivity contribution in [2.75, 3.05) is 20.2 Å². The van der Waals surface area contributed by atoms with Crippen LogP contribution in [-0.2, 0) is 17.8 Å². The number of hydrogen-bond donors (Lipinski definition) is 1. The Bertz CT molecular complexity index is 434. The topological polar surface area (TPSA) is 69.2 Å². The van der Waals surface area contributed by atoms with Gasteiger partial charge in [-0.25, -0.2) is 0 Å². The van der Waals surface area contributed by atoms with Crippen LogP contribution in [0.15, 0.2) is 6.33 Å². The van der Waals surface area contributed by atoms with Gasteiger partial charge in [-0.2, -0.15) is 0 Å². The van der Waals surface area contributed by atoms with E-state index in [0.29, 0.717) is 12.6 Å². The van der Waals surface area contributed by atoms with Crippen LogP contribution in [0.1, 0.15) is 31.5 Å². The van der Waals surface area contributed by atoms with Crippen LogP contribution in [0.25, 0.3) is 0 Å². The highest BCUT2D eigenvalue weighted by Gasteiger charge is 2.41. The number of hydrogen-bond acceptors (Lipinski definition) is 5. The molecule has 0 radical (unpaired) electrons. The minimum Gasteiger partial charge on any atom is -0.381 e. The fourth-order valence-corrected chi connectivity index (χ4v) is 3.56. The van der Waals surface area contributed by atoms with Crippen molar-refractivity contribution in [3.63, 3.8) is 0 Å². The molecule has 1 aromatic heterocycles. The molecule has 0 spiro atoms. The average molecular weight is 265 g/mol. The van der Waals surface area contributed by atoms with Crippen molar-refractivity contribution in [3.05, 3.63) is 12.2 Å². The molecule has 3 rings (SSSR count). The van der Waals surface area contributed by atoms with Gasteiger partial charge in [-0.15, -0.1) is 10.2 Å². The molecule has 2 unspecified atom stereocenters. The maximum atomic E-state index is 6.14. The molecule has 0 saturated heterocycles. The highest BCUT2D eigenvalue weighted by Crippen LogP contribution is 2.36. The Morgan fingerprint density at radius 1 is 1.53 bits per heavy atom. The van der Waals surface area contributed by atoms with E-state index in [1.54, 1.807) is 0 Å². The number of nitrogens with two attached hydrogens (primary N) is 1. The Labute approximate surface area is 113 Å². The van der Waals surface area contributed by atoms with Gasteiger partial charge in [0.1, 0.15) is 12.2 Å². The predicted molar refractivity (Wildman–Crippen MR) is 71.5 cm³/mol. The third-order valence-corrected chi connectivity index (χ3v) is 4.80. The lowest BCUT2D eigenvalue weighted by atomic mass is 9.78. The largest absolute Gasteiger partial charge is 0.381 e. The SMILES string of the molecule is COC1CCCC(CN)(N2CCn3cnnc3C2)C1. The Kier molecular flexibility index (Phi) is 3.56. The Balaban J connectivity index is 1.79. The fraction of sp³-hybridized carbons (Fsp3) is 0.846. The summed E-state index contributed by atoms with van der Waals surface area (Å²) in [4.78, 5) is 2.50. The molecule has 6 heteroatoms. The molecule has 0 amide bonds. The van der Waals surface area contributed by atoms with E-state index < -0.39 is 0 Å². The maximum Gasteiger partial charge on any atom is 0.147 e. The van der Waals surface area contributed by atoms with E-state index in [4.69, 9.17) is 10.5 Å². The smallest absolute Gasteiger partial charge is 0.147 e. The quantitative estimate of drug-likeness (QED) is 0.855. The monoisotopic (exact) mass is 265 g/mol. The van der Waals surface area contributed by atoms with Crippen molar-refractivity contribution in [1.29, 1.82) is 0 Å². The number of rotatable bonds is 3. The second-order valence-electron chi connectivity index (χ2n) is 5.74. The first-order valence-corrected chi connectivity index (χ1v) is 7.12. The first kappa shape index (κ1) is 13.0. The van der Waals surface area contributed by atoms with Crippen LogP contribution in [0.3, 0.4) is 0 Å².